The van der Waals surface area contributed by atoms with Crippen LogP contribution in [0.5, 0.6) is 0 Å². The van der Waals surface area contributed by atoms with Crippen LogP contribution < -0.4 is 4.90 Å². The lowest BCUT2D eigenvalue weighted by atomic mass is 10.2. The van der Waals surface area contributed by atoms with Crippen LogP contribution in [0.4, 0.5) is 0 Å². The van der Waals surface area contributed by atoms with E-state index >= 15 is 0 Å². The highest BCUT2D eigenvalue weighted by molar-refractivity contribution is 5.98. The summed E-state index contributed by atoms with van der Waals surface area (Å²) in [5, 5.41) is 1.25. The van der Waals surface area contributed by atoms with E-state index in [0.29, 0.717) is 0 Å². The molecule has 0 unspecified atom stereocenters. The summed E-state index contributed by atoms with van der Waals surface area (Å²) in [6.07, 6.45) is 5.17. The van der Waals surface area contributed by atoms with Crippen LogP contribution in [0.25, 0.3) is 10.9 Å². The molecule has 0 bridgehead atoms. The molecule has 1 fully saturated rings. The van der Waals surface area contributed by atoms with Crippen molar-refractivity contribution >= 4 is 17.1 Å². The molecular formula is C16H22N3O+. The molecular weight excluding hydrogens is 250 g/mol. The van der Waals surface area contributed by atoms with Crippen molar-refractivity contribution in [3.63, 3.8) is 0 Å². The molecule has 2 aromatic rings. The predicted octanol–water partition coefficient (Wildman–Crippen LogP) is 0.892. The Balaban J connectivity index is 1.48. The standard InChI is InChI=1S/C16H21N3O/c1-2-5-16-15(4-1)14(13-18-16)12-17-6-3-7-19-8-10-20-11-9-19/h1-2,4-5,12-13,18H,3,6-11H2/p+1. The van der Waals surface area contributed by atoms with E-state index in [1.165, 1.54) is 23.0 Å². The molecule has 1 aliphatic rings. The molecule has 2 heterocycles. The number of hydrogen-bond acceptors (Lipinski definition) is 2. The number of aromatic amines is 1. The van der Waals surface area contributed by atoms with Crippen molar-refractivity contribution in [1.82, 2.24) is 4.98 Å². The minimum absolute atomic E-state index is 0.907. The summed E-state index contributed by atoms with van der Waals surface area (Å²) in [6.45, 7) is 6.22. The Bertz CT molecular complexity index is 570. The number of rotatable bonds is 5. The highest BCUT2D eigenvalue weighted by Crippen LogP contribution is 2.15. The zero-order chi connectivity index (χ0) is 13.6. The summed E-state index contributed by atoms with van der Waals surface area (Å²) < 4.78 is 5.36. The van der Waals surface area contributed by atoms with E-state index in [1.807, 2.05) is 18.5 Å². The van der Waals surface area contributed by atoms with Gasteiger partial charge in [-0.1, -0.05) is 18.2 Å². The molecule has 0 atom stereocenters. The summed E-state index contributed by atoms with van der Waals surface area (Å²) >= 11 is 0. The van der Waals surface area contributed by atoms with Gasteiger partial charge in [0.2, 0.25) is 0 Å². The maximum atomic E-state index is 5.36. The van der Waals surface area contributed by atoms with Gasteiger partial charge in [-0.15, -0.1) is 0 Å². The molecule has 0 saturated carbocycles. The van der Waals surface area contributed by atoms with Gasteiger partial charge in [0.05, 0.1) is 19.8 Å². The van der Waals surface area contributed by atoms with Crippen LogP contribution in [0.1, 0.15) is 12.0 Å². The normalized spacial score (nSPS) is 17.2. The van der Waals surface area contributed by atoms with Gasteiger partial charge in [0, 0.05) is 41.8 Å². The molecule has 106 valence electrons. The van der Waals surface area contributed by atoms with Crippen LogP contribution in [0, 0.1) is 0 Å². The summed E-state index contributed by atoms with van der Waals surface area (Å²) in [4.78, 5) is 9.48. The van der Waals surface area contributed by atoms with Crippen LogP contribution >= 0.6 is 0 Å². The Morgan fingerprint density at radius 1 is 1.25 bits per heavy atom. The number of nitrogens with one attached hydrogen (secondary N) is 2. The van der Waals surface area contributed by atoms with E-state index in [1.54, 1.807) is 4.90 Å². The molecule has 20 heavy (non-hydrogen) atoms. The Kier molecular flexibility index (Phi) is 4.46. The van der Waals surface area contributed by atoms with Crippen LogP contribution in [0.2, 0.25) is 0 Å². The van der Waals surface area contributed by atoms with Gasteiger partial charge in [-0.25, -0.2) is 0 Å². The topological polar surface area (TPSA) is 41.8 Å². The number of fused-ring (bicyclic) bond motifs is 1. The van der Waals surface area contributed by atoms with E-state index in [-0.39, 0.29) is 0 Å². The SMILES string of the molecule is C(=NCCC[NH+]1CCOCC1)c1c[nH]c2ccccc12. The monoisotopic (exact) mass is 272 g/mol. The van der Waals surface area contributed by atoms with E-state index < -0.39 is 0 Å². The summed E-state index contributed by atoms with van der Waals surface area (Å²) in [6, 6.07) is 8.33. The summed E-state index contributed by atoms with van der Waals surface area (Å²) in [5.41, 5.74) is 2.35. The first kappa shape index (κ1) is 13.3. The lowest BCUT2D eigenvalue weighted by Crippen LogP contribution is -3.14. The number of H-pyrrole nitrogens is 1. The van der Waals surface area contributed by atoms with E-state index in [2.05, 4.69) is 28.2 Å². The number of aliphatic imine (C=N–C) groups is 1. The minimum atomic E-state index is 0.907. The third kappa shape index (κ3) is 3.26. The van der Waals surface area contributed by atoms with Gasteiger partial charge in [-0.05, 0) is 6.07 Å². The molecule has 4 nitrogen and oxygen atoms in total. The lowest BCUT2D eigenvalue weighted by molar-refractivity contribution is -0.908. The molecule has 1 aliphatic heterocycles. The number of quaternary nitrogens is 1. The fraction of sp³-hybridized carbons (Fsp3) is 0.438. The lowest BCUT2D eigenvalue weighted by Gasteiger charge is -2.23. The molecule has 0 radical (unpaired) electrons. The van der Waals surface area contributed by atoms with Crippen molar-refractivity contribution in [2.45, 2.75) is 6.42 Å². The first-order valence-corrected chi connectivity index (χ1v) is 7.41. The summed E-state index contributed by atoms with van der Waals surface area (Å²) in [5.74, 6) is 0. The number of nitrogens with zero attached hydrogens (tertiary/aromatic N) is 1. The van der Waals surface area contributed by atoms with Gasteiger partial charge >= 0.3 is 0 Å². The molecule has 4 heteroatoms. The highest BCUT2D eigenvalue weighted by atomic mass is 16.5. The van der Waals surface area contributed by atoms with Crippen molar-refractivity contribution in [1.29, 1.82) is 0 Å². The number of aromatic nitrogens is 1. The molecule has 3 rings (SSSR count). The fourth-order valence-electron chi connectivity index (χ4n) is 2.69. The molecule has 0 spiro atoms. The second-order valence-electron chi connectivity index (χ2n) is 5.29. The van der Waals surface area contributed by atoms with Gasteiger partial charge < -0.3 is 14.6 Å². The smallest absolute Gasteiger partial charge is 0.101 e. The predicted molar refractivity (Wildman–Crippen MR) is 81.8 cm³/mol. The van der Waals surface area contributed by atoms with Crippen LogP contribution in [0.3, 0.4) is 0 Å². The molecule has 1 aromatic carbocycles. The largest absolute Gasteiger partial charge is 0.370 e. The Morgan fingerprint density at radius 2 is 2.10 bits per heavy atom. The van der Waals surface area contributed by atoms with Gasteiger partial charge in [-0.2, -0.15) is 0 Å². The van der Waals surface area contributed by atoms with Crippen molar-refractivity contribution < 1.29 is 9.64 Å². The maximum absolute atomic E-state index is 5.36. The van der Waals surface area contributed by atoms with Crippen LogP contribution in [-0.4, -0.2) is 50.6 Å². The zero-order valence-corrected chi connectivity index (χ0v) is 11.8. The quantitative estimate of drug-likeness (QED) is 0.616. The molecule has 1 aromatic heterocycles. The van der Waals surface area contributed by atoms with Gasteiger partial charge in [-0.3, -0.25) is 4.99 Å². The number of ether oxygens (including phenoxy) is 1. The van der Waals surface area contributed by atoms with E-state index in [4.69, 9.17) is 4.74 Å². The van der Waals surface area contributed by atoms with Crippen LogP contribution in [-0.2, 0) is 4.74 Å². The zero-order valence-electron chi connectivity index (χ0n) is 11.8. The van der Waals surface area contributed by atoms with Crippen molar-refractivity contribution in [3.8, 4) is 0 Å². The first-order valence-electron chi connectivity index (χ1n) is 7.41. The molecule has 2 N–H and O–H groups in total. The molecule has 0 aliphatic carbocycles. The van der Waals surface area contributed by atoms with Crippen LogP contribution in [0.15, 0.2) is 35.5 Å². The highest BCUT2D eigenvalue weighted by Gasteiger charge is 2.12. The average molecular weight is 272 g/mol. The molecule has 0 amide bonds. The summed E-state index contributed by atoms with van der Waals surface area (Å²) in [7, 11) is 0. The molecule has 1 saturated heterocycles. The third-order valence-electron chi connectivity index (χ3n) is 3.87. The number of benzene rings is 1. The number of morpholine rings is 1. The van der Waals surface area contributed by atoms with E-state index in [0.717, 1.165) is 39.3 Å². The number of para-hydroxylation sites is 1. The first-order chi connectivity index (χ1) is 9.93. The fourth-order valence-corrected chi connectivity index (χ4v) is 2.69. The number of hydrogen-bond donors (Lipinski definition) is 2. The average Bonchev–Trinajstić information content (AvgIpc) is 2.91. The van der Waals surface area contributed by atoms with Gasteiger partial charge in [0.1, 0.15) is 13.1 Å². The second kappa shape index (κ2) is 6.68. The Hall–Kier alpha value is -1.65. The van der Waals surface area contributed by atoms with Crippen molar-refractivity contribution in [2.75, 3.05) is 39.4 Å². The van der Waals surface area contributed by atoms with E-state index in [9.17, 15) is 0 Å². The van der Waals surface area contributed by atoms with Crippen molar-refractivity contribution in [3.05, 3.63) is 36.0 Å². The minimum Gasteiger partial charge on any atom is -0.370 e. The maximum Gasteiger partial charge on any atom is 0.101 e. The Labute approximate surface area is 119 Å². The third-order valence-corrected chi connectivity index (χ3v) is 3.87. The van der Waals surface area contributed by atoms with Gasteiger partial charge in [0.25, 0.3) is 0 Å². The Morgan fingerprint density at radius 3 is 3.00 bits per heavy atom. The van der Waals surface area contributed by atoms with Gasteiger partial charge in [0.15, 0.2) is 0 Å². The second-order valence-corrected chi connectivity index (χ2v) is 5.29. The van der Waals surface area contributed by atoms with Crippen molar-refractivity contribution in [2.24, 2.45) is 4.99 Å².